The molecular formula is C27H34N6O4S. The van der Waals surface area contributed by atoms with Gasteiger partial charge in [0.05, 0.1) is 37.1 Å². The van der Waals surface area contributed by atoms with E-state index >= 15 is 0 Å². The molecule has 2 N–H and O–H groups in total. The molecule has 0 aliphatic carbocycles. The summed E-state index contributed by atoms with van der Waals surface area (Å²) in [4.78, 5) is 15.8. The van der Waals surface area contributed by atoms with Crippen LogP contribution < -0.4 is 20.1 Å². The molecule has 0 bridgehead atoms. The van der Waals surface area contributed by atoms with Crippen molar-refractivity contribution < 1.29 is 17.9 Å². The topological polar surface area (TPSA) is 119 Å². The maximum absolute atomic E-state index is 12.0. The Morgan fingerprint density at radius 2 is 1.87 bits per heavy atom. The summed E-state index contributed by atoms with van der Waals surface area (Å²) in [5.74, 6) is 2.47. The van der Waals surface area contributed by atoms with Crippen LogP contribution in [0.3, 0.4) is 0 Å². The van der Waals surface area contributed by atoms with E-state index in [1.165, 1.54) is 32.4 Å². The Balaban J connectivity index is 1.19. The zero-order valence-electron chi connectivity index (χ0n) is 21.6. The Bertz CT molecular complexity index is 1360. The van der Waals surface area contributed by atoms with Gasteiger partial charge in [0.2, 0.25) is 5.95 Å². The Morgan fingerprint density at radius 1 is 1.00 bits per heavy atom. The Hall–Kier alpha value is -3.44. The number of hydrogen-bond donors (Lipinski definition) is 2. The second kappa shape index (κ2) is 12.0. The molecule has 5 rings (SSSR count). The van der Waals surface area contributed by atoms with Crippen LogP contribution in [-0.2, 0) is 22.0 Å². The number of methoxy groups -OCH3 is 1. The Kier molecular flexibility index (Phi) is 8.23. The highest BCUT2D eigenvalue weighted by Gasteiger charge is 2.22. The van der Waals surface area contributed by atoms with Gasteiger partial charge in [-0.05, 0) is 62.2 Å². The third-order valence-corrected chi connectivity index (χ3v) is 8.33. The van der Waals surface area contributed by atoms with Gasteiger partial charge in [-0.1, -0.05) is 6.42 Å². The number of nitrogens with zero attached hydrogens (tertiary/aromatic N) is 4. The molecule has 202 valence electrons. The highest BCUT2D eigenvalue weighted by atomic mass is 32.2. The van der Waals surface area contributed by atoms with E-state index in [2.05, 4.69) is 30.5 Å². The number of sulfone groups is 1. The number of pyridine rings is 1. The predicted octanol–water partition coefficient (Wildman–Crippen LogP) is 4.09. The fraction of sp³-hybridized carbons (Fsp3) is 0.444. The zero-order chi connectivity index (χ0) is 26.4. The average Bonchev–Trinajstić information content (AvgIpc) is 2.92. The van der Waals surface area contributed by atoms with Crippen LogP contribution in [0.2, 0.25) is 0 Å². The van der Waals surface area contributed by atoms with Crippen LogP contribution in [0.25, 0.3) is 0 Å². The highest BCUT2D eigenvalue weighted by Crippen LogP contribution is 2.31. The van der Waals surface area contributed by atoms with Gasteiger partial charge in [-0.25, -0.2) is 13.4 Å². The number of hydrogen-bond acceptors (Lipinski definition) is 10. The van der Waals surface area contributed by atoms with Crippen molar-refractivity contribution in [1.82, 2.24) is 19.9 Å². The molecule has 1 fully saturated rings. The minimum atomic E-state index is -3.07. The summed E-state index contributed by atoms with van der Waals surface area (Å²) in [5, 5.41) is 6.40. The lowest BCUT2D eigenvalue weighted by molar-refractivity contribution is 0.203. The Labute approximate surface area is 223 Å². The summed E-state index contributed by atoms with van der Waals surface area (Å²) < 4.78 is 35.5. The van der Waals surface area contributed by atoms with E-state index in [0.29, 0.717) is 42.0 Å². The van der Waals surface area contributed by atoms with Crippen molar-refractivity contribution in [2.24, 2.45) is 0 Å². The summed E-state index contributed by atoms with van der Waals surface area (Å²) in [6.45, 7) is 4.08. The number of piperidine rings is 1. The lowest BCUT2D eigenvalue weighted by atomic mass is 10.1. The second-order valence-electron chi connectivity index (χ2n) is 9.66. The molecule has 10 nitrogen and oxygen atoms in total. The molecule has 2 aliphatic rings. The summed E-state index contributed by atoms with van der Waals surface area (Å²) in [5.41, 5.74) is 3.00. The third-order valence-electron chi connectivity index (χ3n) is 6.76. The molecule has 1 aromatic carbocycles. The lowest BCUT2D eigenvalue weighted by Gasteiger charge is -2.26. The van der Waals surface area contributed by atoms with Gasteiger partial charge in [0.15, 0.2) is 21.3 Å². The van der Waals surface area contributed by atoms with Gasteiger partial charge in [0.25, 0.3) is 0 Å². The molecule has 0 atom stereocenters. The molecule has 0 amide bonds. The number of benzene rings is 1. The van der Waals surface area contributed by atoms with E-state index in [0.717, 1.165) is 29.9 Å². The molecule has 1 saturated heterocycles. The molecule has 2 aromatic heterocycles. The number of rotatable bonds is 10. The van der Waals surface area contributed by atoms with Crippen molar-refractivity contribution in [3.63, 3.8) is 0 Å². The molecule has 0 radical (unpaired) electrons. The maximum atomic E-state index is 12.0. The molecule has 0 saturated carbocycles. The van der Waals surface area contributed by atoms with Crippen molar-refractivity contribution in [2.45, 2.75) is 37.9 Å². The lowest BCUT2D eigenvalue weighted by Crippen LogP contribution is -2.31. The van der Waals surface area contributed by atoms with E-state index in [1.807, 2.05) is 24.3 Å². The number of likely N-dealkylation sites (tertiary alicyclic amines) is 1. The number of fused-ring (bicyclic) bond motifs is 1. The van der Waals surface area contributed by atoms with Crippen molar-refractivity contribution in [3.05, 3.63) is 54.0 Å². The molecule has 38 heavy (non-hydrogen) atoms. The molecular weight excluding hydrogens is 504 g/mol. The number of aryl methyl sites for hydroxylation is 1. The van der Waals surface area contributed by atoms with Crippen molar-refractivity contribution in [2.75, 3.05) is 49.7 Å². The normalized spacial score (nSPS) is 16.9. The molecule has 0 spiro atoms. The number of ether oxygens (including phenoxy) is 2. The van der Waals surface area contributed by atoms with E-state index in [1.54, 1.807) is 25.6 Å². The van der Waals surface area contributed by atoms with Crippen LogP contribution in [0.1, 0.15) is 36.9 Å². The van der Waals surface area contributed by atoms with Gasteiger partial charge in [-0.3, -0.25) is 4.98 Å². The minimum Gasteiger partial charge on any atom is -0.493 e. The summed E-state index contributed by atoms with van der Waals surface area (Å²) in [6, 6.07) is 9.21. The maximum Gasteiger partial charge on any atom is 0.229 e. The number of aromatic nitrogens is 3. The predicted molar refractivity (Wildman–Crippen MR) is 147 cm³/mol. The van der Waals surface area contributed by atoms with Crippen LogP contribution in [0, 0.1) is 0 Å². The van der Waals surface area contributed by atoms with Crippen molar-refractivity contribution in [1.29, 1.82) is 0 Å². The first kappa shape index (κ1) is 26.2. The van der Waals surface area contributed by atoms with Gasteiger partial charge in [0, 0.05) is 36.6 Å². The van der Waals surface area contributed by atoms with Crippen LogP contribution in [-0.4, -0.2) is 67.4 Å². The second-order valence-corrected chi connectivity index (χ2v) is 11.8. The average molecular weight is 539 g/mol. The first-order chi connectivity index (χ1) is 18.5. The van der Waals surface area contributed by atoms with Crippen LogP contribution >= 0.6 is 0 Å². The van der Waals surface area contributed by atoms with Gasteiger partial charge in [-0.2, -0.15) is 4.98 Å². The summed E-state index contributed by atoms with van der Waals surface area (Å²) >= 11 is 0. The van der Waals surface area contributed by atoms with E-state index < -0.39 is 9.84 Å². The number of anilines is 4. The largest absolute Gasteiger partial charge is 0.493 e. The van der Waals surface area contributed by atoms with Crippen LogP contribution in [0.5, 0.6) is 11.5 Å². The van der Waals surface area contributed by atoms with Crippen LogP contribution in [0.4, 0.5) is 23.1 Å². The van der Waals surface area contributed by atoms with Gasteiger partial charge in [-0.15, -0.1) is 0 Å². The monoisotopic (exact) mass is 538 g/mol. The van der Waals surface area contributed by atoms with Crippen molar-refractivity contribution >= 4 is 33.0 Å². The van der Waals surface area contributed by atoms with E-state index in [9.17, 15) is 8.42 Å². The summed E-state index contributed by atoms with van der Waals surface area (Å²) in [7, 11) is -1.45. The van der Waals surface area contributed by atoms with E-state index in [-0.39, 0.29) is 11.5 Å². The smallest absolute Gasteiger partial charge is 0.229 e. The van der Waals surface area contributed by atoms with Gasteiger partial charge in [0.1, 0.15) is 5.82 Å². The number of nitrogens with one attached hydrogen (secondary N) is 2. The van der Waals surface area contributed by atoms with E-state index in [4.69, 9.17) is 9.47 Å². The SMILES string of the molecule is COc1cc(Nc2nccc(Nc3cnc4c(c3)CS(=O)(=O)CC4)n2)ccc1OCCCN1CCCCC1. The fourth-order valence-electron chi connectivity index (χ4n) is 4.80. The summed E-state index contributed by atoms with van der Waals surface area (Å²) in [6.07, 6.45) is 8.70. The highest BCUT2D eigenvalue weighted by molar-refractivity contribution is 7.90. The zero-order valence-corrected chi connectivity index (χ0v) is 22.5. The first-order valence-electron chi connectivity index (χ1n) is 13.1. The fourth-order valence-corrected chi connectivity index (χ4v) is 6.17. The van der Waals surface area contributed by atoms with Gasteiger partial charge < -0.3 is 25.0 Å². The molecule has 2 aliphatic heterocycles. The first-order valence-corrected chi connectivity index (χ1v) is 14.9. The standard InChI is InChI=1S/C27H34N6O4S/c1-36-25-17-21(6-7-24(25)37-14-5-13-33-11-3-2-4-12-33)31-27-28-10-8-26(32-27)30-22-16-20-19-38(34,35)15-9-23(20)29-18-22/h6-8,10,16-18H,2-5,9,11-15,19H2,1H3,(H2,28,30,31,32). The van der Waals surface area contributed by atoms with Crippen LogP contribution in [0.15, 0.2) is 42.7 Å². The molecule has 0 unspecified atom stereocenters. The molecule has 3 aromatic rings. The quantitative estimate of drug-likeness (QED) is 0.365. The third kappa shape index (κ3) is 6.90. The minimum absolute atomic E-state index is 0.0153. The molecule has 4 heterocycles. The molecule has 11 heteroatoms. The Morgan fingerprint density at radius 3 is 2.71 bits per heavy atom. The van der Waals surface area contributed by atoms with Crippen molar-refractivity contribution in [3.8, 4) is 11.5 Å². The van der Waals surface area contributed by atoms with Gasteiger partial charge >= 0.3 is 0 Å².